The highest BCUT2D eigenvalue weighted by Crippen LogP contribution is 2.38. The molecule has 0 aliphatic heterocycles. The van der Waals surface area contributed by atoms with E-state index in [2.05, 4.69) is 13.8 Å². The Balaban J connectivity index is 2.15. The summed E-state index contributed by atoms with van der Waals surface area (Å²) in [4.78, 5) is 10.6. The first-order chi connectivity index (χ1) is 5.24. The summed E-state index contributed by atoms with van der Waals surface area (Å²) in [5.74, 6) is 1.89. The number of hydrogen-bond acceptors (Lipinski definition) is 1. The molecular formula is C10H18O. The van der Waals surface area contributed by atoms with Crippen LogP contribution < -0.4 is 0 Å². The van der Waals surface area contributed by atoms with Crippen LogP contribution in [0, 0.1) is 17.8 Å². The van der Waals surface area contributed by atoms with E-state index in [1.807, 2.05) is 0 Å². The lowest BCUT2D eigenvalue weighted by Gasteiger charge is -2.09. The summed E-state index contributed by atoms with van der Waals surface area (Å²) >= 11 is 0. The lowest BCUT2D eigenvalue weighted by atomic mass is 9.95. The lowest BCUT2D eigenvalue weighted by molar-refractivity contribution is -0.111. The van der Waals surface area contributed by atoms with E-state index in [0.29, 0.717) is 5.92 Å². The molecule has 1 rings (SSSR count). The van der Waals surface area contributed by atoms with Crippen molar-refractivity contribution in [2.24, 2.45) is 17.8 Å². The van der Waals surface area contributed by atoms with Gasteiger partial charge in [0.05, 0.1) is 0 Å². The highest BCUT2D eigenvalue weighted by molar-refractivity contribution is 5.54. The van der Waals surface area contributed by atoms with Gasteiger partial charge < -0.3 is 4.79 Å². The van der Waals surface area contributed by atoms with Crippen LogP contribution in [0.15, 0.2) is 0 Å². The standard InChI is InChI=1S/C10H18O/c1-8(2)3-4-10(7-11)9-5-6-9/h7-10H,3-6H2,1-2H3. The van der Waals surface area contributed by atoms with Crippen LogP contribution in [-0.4, -0.2) is 6.29 Å². The monoisotopic (exact) mass is 154 g/mol. The minimum atomic E-state index is 0.386. The molecule has 1 aliphatic carbocycles. The molecule has 0 aromatic heterocycles. The summed E-state index contributed by atoms with van der Waals surface area (Å²) in [5, 5.41) is 0. The molecule has 0 aromatic carbocycles. The third kappa shape index (κ3) is 3.04. The zero-order chi connectivity index (χ0) is 8.27. The van der Waals surface area contributed by atoms with E-state index in [9.17, 15) is 4.79 Å². The molecule has 1 nitrogen and oxygen atoms in total. The molecule has 11 heavy (non-hydrogen) atoms. The van der Waals surface area contributed by atoms with Crippen molar-refractivity contribution in [3.8, 4) is 0 Å². The average Bonchev–Trinajstić information content (AvgIpc) is 2.72. The van der Waals surface area contributed by atoms with E-state index in [-0.39, 0.29) is 0 Å². The maximum absolute atomic E-state index is 10.6. The fourth-order valence-corrected chi connectivity index (χ4v) is 1.47. The molecule has 0 aromatic rings. The van der Waals surface area contributed by atoms with Crippen LogP contribution in [0.3, 0.4) is 0 Å². The normalized spacial score (nSPS) is 20.3. The van der Waals surface area contributed by atoms with Gasteiger partial charge in [-0.3, -0.25) is 0 Å². The zero-order valence-corrected chi connectivity index (χ0v) is 7.55. The van der Waals surface area contributed by atoms with Crippen molar-refractivity contribution in [2.45, 2.75) is 39.5 Å². The summed E-state index contributed by atoms with van der Waals surface area (Å²) in [6.07, 6.45) is 6.08. The first-order valence-corrected chi connectivity index (χ1v) is 4.69. The number of carbonyl (C=O) groups is 1. The third-order valence-corrected chi connectivity index (χ3v) is 2.48. The molecule has 1 fully saturated rings. The predicted molar refractivity (Wildman–Crippen MR) is 46.4 cm³/mol. The van der Waals surface area contributed by atoms with Gasteiger partial charge in [-0.05, 0) is 31.1 Å². The van der Waals surface area contributed by atoms with Gasteiger partial charge in [0.1, 0.15) is 6.29 Å². The van der Waals surface area contributed by atoms with Gasteiger partial charge in [0, 0.05) is 5.92 Å². The topological polar surface area (TPSA) is 17.1 Å². The van der Waals surface area contributed by atoms with Crippen molar-refractivity contribution in [3.63, 3.8) is 0 Å². The largest absolute Gasteiger partial charge is 0.303 e. The van der Waals surface area contributed by atoms with Crippen LogP contribution in [0.4, 0.5) is 0 Å². The van der Waals surface area contributed by atoms with Crippen molar-refractivity contribution < 1.29 is 4.79 Å². The smallest absolute Gasteiger partial charge is 0.123 e. The summed E-state index contributed by atoms with van der Waals surface area (Å²) in [6.45, 7) is 4.43. The summed E-state index contributed by atoms with van der Waals surface area (Å²) in [6, 6.07) is 0. The molecule has 0 N–H and O–H groups in total. The fourth-order valence-electron chi connectivity index (χ4n) is 1.47. The minimum Gasteiger partial charge on any atom is -0.303 e. The van der Waals surface area contributed by atoms with Crippen molar-refractivity contribution in [2.75, 3.05) is 0 Å². The van der Waals surface area contributed by atoms with E-state index < -0.39 is 0 Å². The second-order valence-electron chi connectivity index (χ2n) is 4.11. The van der Waals surface area contributed by atoms with Crippen LogP contribution in [0.1, 0.15) is 39.5 Å². The molecular weight excluding hydrogens is 136 g/mol. The second-order valence-corrected chi connectivity index (χ2v) is 4.11. The van der Waals surface area contributed by atoms with Crippen LogP contribution >= 0.6 is 0 Å². The molecule has 64 valence electrons. The van der Waals surface area contributed by atoms with E-state index >= 15 is 0 Å². The highest BCUT2D eigenvalue weighted by Gasteiger charge is 2.30. The van der Waals surface area contributed by atoms with Gasteiger partial charge in [0.25, 0.3) is 0 Å². The van der Waals surface area contributed by atoms with E-state index in [1.54, 1.807) is 0 Å². The van der Waals surface area contributed by atoms with E-state index in [0.717, 1.165) is 18.3 Å². The van der Waals surface area contributed by atoms with Crippen molar-refractivity contribution in [3.05, 3.63) is 0 Å². The Bertz CT molecular complexity index is 125. The van der Waals surface area contributed by atoms with Crippen LogP contribution in [0.2, 0.25) is 0 Å². The Hall–Kier alpha value is -0.330. The van der Waals surface area contributed by atoms with Gasteiger partial charge in [0.15, 0.2) is 0 Å². The Morgan fingerprint density at radius 1 is 1.36 bits per heavy atom. The van der Waals surface area contributed by atoms with Crippen LogP contribution in [0.25, 0.3) is 0 Å². The van der Waals surface area contributed by atoms with Gasteiger partial charge in [-0.25, -0.2) is 0 Å². The Labute approximate surface area is 69.2 Å². The van der Waals surface area contributed by atoms with Crippen LogP contribution in [-0.2, 0) is 4.79 Å². The summed E-state index contributed by atoms with van der Waals surface area (Å²) < 4.78 is 0. The summed E-state index contributed by atoms with van der Waals surface area (Å²) in [7, 11) is 0. The fraction of sp³-hybridized carbons (Fsp3) is 0.900. The molecule has 0 bridgehead atoms. The SMILES string of the molecule is CC(C)CCC(C=O)C1CC1. The Kier molecular flexibility index (Phi) is 3.10. The van der Waals surface area contributed by atoms with Crippen molar-refractivity contribution >= 4 is 6.29 Å². The average molecular weight is 154 g/mol. The van der Waals surface area contributed by atoms with E-state index in [4.69, 9.17) is 0 Å². The second kappa shape index (κ2) is 3.89. The molecule has 1 atom stereocenters. The molecule has 1 unspecified atom stereocenters. The number of rotatable bonds is 5. The maximum atomic E-state index is 10.6. The Morgan fingerprint density at radius 3 is 2.36 bits per heavy atom. The highest BCUT2D eigenvalue weighted by atomic mass is 16.1. The first-order valence-electron chi connectivity index (χ1n) is 4.69. The van der Waals surface area contributed by atoms with Crippen molar-refractivity contribution in [1.29, 1.82) is 0 Å². The molecule has 1 aliphatic rings. The Morgan fingerprint density at radius 2 is 2.00 bits per heavy atom. The van der Waals surface area contributed by atoms with Crippen molar-refractivity contribution in [1.82, 2.24) is 0 Å². The minimum absolute atomic E-state index is 0.386. The van der Waals surface area contributed by atoms with Gasteiger partial charge >= 0.3 is 0 Å². The maximum Gasteiger partial charge on any atom is 0.123 e. The number of hydrogen-bond donors (Lipinski definition) is 0. The summed E-state index contributed by atoms with van der Waals surface area (Å²) in [5.41, 5.74) is 0. The quantitative estimate of drug-likeness (QED) is 0.556. The van der Waals surface area contributed by atoms with Crippen LogP contribution in [0.5, 0.6) is 0 Å². The van der Waals surface area contributed by atoms with Gasteiger partial charge in [-0.2, -0.15) is 0 Å². The first kappa shape index (κ1) is 8.76. The molecule has 1 heteroatoms. The molecule has 0 spiro atoms. The van der Waals surface area contributed by atoms with Gasteiger partial charge in [-0.15, -0.1) is 0 Å². The number of aldehydes is 1. The third-order valence-electron chi connectivity index (χ3n) is 2.48. The molecule has 0 amide bonds. The van der Waals surface area contributed by atoms with E-state index in [1.165, 1.54) is 25.5 Å². The van der Waals surface area contributed by atoms with Gasteiger partial charge in [0.2, 0.25) is 0 Å². The zero-order valence-electron chi connectivity index (χ0n) is 7.55. The number of carbonyl (C=O) groups excluding carboxylic acids is 1. The molecule has 0 radical (unpaired) electrons. The molecule has 0 saturated heterocycles. The molecule has 1 saturated carbocycles. The predicted octanol–water partition coefficient (Wildman–Crippen LogP) is 2.65. The van der Waals surface area contributed by atoms with Gasteiger partial charge in [-0.1, -0.05) is 20.3 Å². The lowest BCUT2D eigenvalue weighted by Crippen LogP contribution is -2.05. The molecule has 0 heterocycles.